The van der Waals surface area contributed by atoms with Crippen molar-refractivity contribution in [3.05, 3.63) is 70.4 Å². The highest BCUT2D eigenvalue weighted by Gasteiger charge is 2.34. The summed E-state index contributed by atoms with van der Waals surface area (Å²) in [7, 11) is 0. The summed E-state index contributed by atoms with van der Waals surface area (Å²) < 4.78 is 0. The number of para-hydroxylation sites is 1. The number of likely N-dealkylation sites (tertiary alicyclic amines) is 1. The molecule has 6 nitrogen and oxygen atoms in total. The summed E-state index contributed by atoms with van der Waals surface area (Å²) in [6, 6.07) is 14.2. The number of H-pyrrole nitrogens is 1. The minimum atomic E-state index is -0.345. The van der Waals surface area contributed by atoms with E-state index in [1.54, 1.807) is 0 Å². The van der Waals surface area contributed by atoms with Gasteiger partial charge in [0, 0.05) is 41.3 Å². The Balaban J connectivity index is 1.12. The van der Waals surface area contributed by atoms with Gasteiger partial charge in [-0.15, -0.1) is 0 Å². The van der Waals surface area contributed by atoms with Crippen molar-refractivity contribution in [3.63, 3.8) is 0 Å². The van der Waals surface area contributed by atoms with Gasteiger partial charge in [0.2, 0.25) is 11.8 Å². The van der Waals surface area contributed by atoms with Crippen LogP contribution in [0.5, 0.6) is 0 Å². The number of aromatic nitrogens is 1. The van der Waals surface area contributed by atoms with Gasteiger partial charge in [0.25, 0.3) is 0 Å². The summed E-state index contributed by atoms with van der Waals surface area (Å²) in [6.45, 7) is 3.26. The standard InChI is InChI=1S/C30H37ClN4O2/c1-19-6-7-20(16-26(19)31)17-28(36)35-14-12-22(13-15-35)29(30(32)37)34-23-10-8-21(9-11-23)25-18-33-27-5-3-2-4-24(25)27/h2-7,16,18,21-23,29,33-34H,8-15,17H2,1H3,(H2,32,37). The number of carbonyl (C=O) groups is 2. The SMILES string of the molecule is Cc1ccc(CC(=O)N2CCC(C(NC3CCC(c4c[nH]c5ccccc45)CC3)C(N)=O)CC2)cc1Cl. The highest BCUT2D eigenvalue weighted by molar-refractivity contribution is 6.31. The molecule has 0 radical (unpaired) electrons. The zero-order chi connectivity index (χ0) is 25.9. The van der Waals surface area contributed by atoms with Crippen molar-refractivity contribution in [1.82, 2.24) is 15.2 Å². The largest absolute Gasteiger partial charge is 0.368 e. The molecule has 196 valence electrons. The third-order valence-corrected chi connectivity index (χ3v) is 8.87. The van der Waals surface area contributed by atoms with Crippen molar-refractivity contribution in [2.45, 2.75) is 69.9 Å². The van der Waals surface area contributed by atoms with E-state index in [4.69, 9.17) is 17.3 Å². The second-order valence-corrected chi connectivity index (χ2v) is 11.3. The van der Waals surface area contributed by atoms with Gasteiger partial charge < -0.3 is 20.9 Å². The topological polar surface area (TPSA) is 91.2 Å². The van der Waals surface area contributed by atoms with Crippen molar-refractivity contribution in [2.24, 2.45) is 11.7 Å². The number of aromatic amines is 1. The molecule has 3 aromatic rings. The number of nitrogens with two attached hydrogens (primary N) is 1. The summed E-state index contributed by atoms with van der Waals surface area (Å²) in [5.41, 5.74) is 10.4. The number of primary amides is 1. The molecule has 1 unspecified atom stereocenters. The van der Waals surface area contributed by atoms with Crippen LogP contribution in [0.15, 0.2) is 48.7 Å². The van der Waals surface area contributed by atoms with Crippen molar-refractivity contribution in [1.29, 1.82) is 0 Å². The van der Waals surface area contributed by atoms with Gasteiger partial charge in [0.1, 0.15) is 0 Å². The third kappa shape index (κ3) is 5.86. The van der Waals surface area contributed by atoms with Crippen LogP contribution in [0.2, 0.25) is 5.02 Å². The Bertz CT molecular complexity index is 1260. The van der Waals surface area contributed by atoms with E-state index in [9.17, 15) is 9.59 Å². The quantitative estimate of drug-likeness (QED) is 0.405. The van der Waals surface area contributed by atoms with Crippen LogP contribution in [0.25, 0.3) is 10.9 Å². The van der Waals surface area contributed by atoms with Crippen LogP contribution in [0.1, 0.15) is 61.1 Å². The van der Waals surface area contributed by atoms with Crippen molar-refractivity contribution >= 4 is 34.3 Å². The molecule has 0 bridgehead atoms. The van der Waals surface area contributed by atoms with E-state index in [-0.39, 0.29) is 23.8 Å². The van der Waals surface area contributed by atoms with Crippen LogP contribution < -0.4 is 11.1 Å². The average molecular weight is 521 g/mol. The Labute approximate surface area is 223 Å². The van der Waals surface area contributed by atoms with Crippen molar-refractivity contribution < 1.29 is 9.59 Å². The van der Waals surface area contributed by atoms with E-state index in [1.165, 1.54) is 16.5 Å². The number of rotatable bonds is 7. The predicted molar refractivity (Wildman–Crippen MR) is 149 cm³/mol. The number of carbonyl (C=O) groups excluding carboxylic acids is 2. The molecule has 2 aromatic carbocycles. The van der Waals surface area contributed by atoms with Gasteiger partial charge in [0.15, 0.2) is 0 Å². The van der Waals surface area contributed by atoms with Crippen molar-refractivity contribution in [3.8, 4) is 0 Å². The predicted octanol–water partition coefficient (Wildman–Crippen LogP) is 5.08. The van der Waals surface area contributed by atoms with Crippen LogP contribution in [0, 0.1) is 12.8 Å². The average Bonchev–Trinajstić information content (AvgIpc) is 3.34. The number of fused-ring (bicyclic) bond motifs is 1. The second-order valence-electron chi connectivity index (χ2n) is 10.9. The molecule has 1 atom stereocenters. The first-order valence-electron chi connectivity index (χ1n) is 13.5. The summed E-state index contributed by atoms with van der Waals surface area (Å²) in [5, 5.41) is 5.63. The van der Waals surface area contributed by atoms with E-state index in [0.29, 0.717) is 36.5 Å². The van der Waals surface area contributed by atoms with Crippen LogP contribution in [-0.4, -0.2) is 46.9 Å². The fourth-order valence-corrected chi connectivity index (χ4v) is 6.43. The van der Waals surface area contributed by atoms with Gasteiger partial charge in [0.05, 0.1) is 12.5 Å². The van der Waals surface area contributed by atoms with E-state index >= 15 is 0 Å². The summed E-state index contributed by atoms with van der Waals surface area (Å²) in [6.07, 6.45) is 8.34. The number of nitrogens with one attached hydrogen (secondary N) is 2. The maximum absolute atomic E-state index is 12.9. The third-order valence-electron chi connectivity index (χ3n) is 8.47. The number of piperidine rings is 1. The second kappa shape index (κ2) is 11.3. The molecule has 37 heavy (non-hydrogen) atoms. The van der Waals surface area contributed by atoms with Crippen LogP contribution in [0.4, 0.5) is 0 Å². The van der Waals surface area contributed by atoms with Gasteiger partial charge in [-0.1, -0.05) is 41.9 Å². The maximum Gasteiger partial charge on any atom is 0.234 e. The van der Waals surface area contributed by atoms with E-state index < -0.39 is 0 Å². The number of nitrogens with zero attached hydrogens (tertiary/aromatic N) is 1. The molecule has 2 amide bonds. The molecule has 1 aromatic heterocycles. The van der Waals surface area contributed by atoms with Crippen LogP contribution >= 0.6 is 11.6 Å². The first kappa shape index (κ1) is 25.8. The summed E-state index contributed by atoms with van der Waals surface area (Å²) in [5.74, 6) is 0.524. The van der Waals surface area contributed by atoms with E-state index in [2.05, 4.69) is 40.8 Å². The highest BCUT2D eigenvalue weighted by Crippen LogP contribution is 2.37. The Morgan fingerprint density at radius 3 is 2.51 bits per heavy atom. The van der Waals surface area contributed by atoms with Crippen LogP contribution in [-0.2, 0) is 16.0 Å². The normalized spacial score (nSPS) is 21.7. The molecule has 1 saturated heterocycles. The lowest BCUT2D eigenvalue weighted by Crippen LogP contribution is -2.54. The Morgan fingerprint density at radius 2 is 1.81 bits per heavy atom. The molecule has 4 N–H and O–H groups in total. The number of amides is 2. The minimum absolute atomic E-state index is 0.109. The number of hydrogen-bond acceptors (Lipinski definition) is 3. The fraction of sp³-hybridized carbons (Fsp3) is 0.467. The minimum Gasteiger partial charge on any atom is -0.368 e. The number of benzene rings is 2. The van der Waals surface area contributed by atoms with Crippen LogP contribution in [0.3, 0.4) is 0 Å². The Kier molecular flexibility index (Phi) is 7.87. The molecule has 2 fully saturated rings. The van der Waals surface area contributed by atoms with Gasteiger partial charge in [-0.25, -0.2) is 0 Å². The monoisotopic (exact) mass is 520 g/mol. The van der Waals surface area contributed by atoms with Gasteiger partial charge >= 0.3 is 0 Å². The molecule has 0 spiro atoms. The Morgan fingerprint density at radius 1 is 1.08 bits per heavy atom. The zero-order valence-electron chi connectivity index (χ0n) is 21.5. The van der Waals surface area contributed by atoms with Gasteiger partial charge in [-0.2, -0.15) is 0 Å². The lowest BCUT2D eigenvalue weighted by atomic mass is 9.80. The van der Waals surface area contributed by atoms with Gasteiger partial charge in [-0.3, -0.25) is 9.59 Å². The molecular weight excluding hydrogens is 484 g/mol. The number of aryl methyl sites for hydroxylation is 1. The lowest BCUT2D eigenvalue weighted by Gasteiger charge is -2.38. The van der Waals surface area contributed by atoms with Gasteiger partial charge in [-0.05, 0) is 86.1 Å². The molecule has 1 saturated carbocycles. The summed E-state index contributed by atoms with van der Waals surface area (Å²) in [4.78, 5) is 30.6. The first-order chi connectivity index (χ1) is 17.9. The Hall–Kier alpha value is -2.83. The molecule has 7 heteroatoms. The highest BCUT2D eigenvalue weighted by atomic mass is 35.5. The zero-order valence-corrected chi connectivity index (χ0v) is 22.3. The first-order valence-corrected chi connectivity index (χ1v) is 13.9. The molecule has 1 aliphatic heterocycles. The van der Waals surface area contributed by atoms with E-state index in [0.717, 1.165) is 49.7 Å². The van der Waals surface area contributed by atoms with E-state index in [1.807, 2.05) is 30.0 Å². The molecule has 1 aliphatic carbocycles. The fourth-order valence-electron chi connectivity index (χ4n) is 6.22. The summed E-state index contributed by atoms with van der Waals surface area (Å²) >= 11 is 6.23. The molecule has 2 heterocycles. The molecule has 2 aliphatic rings. The maximum atomic E-state index is 12.9. The smallest absolute Gasteiger partial charge is 0.234 e. The number of hydrogen-bond donors (Lipinski definition) is 3. The lowest BCUT2D eigenvalue weighted by molar-refractivity contribution is -0.132. The molecule has 5 rings (SSSR count). The van der Waals surface area contributed by atoms with Crippen molar-refractivity contribution in [2.75, 3.05) is 13.1 Å². The molecular formula is C30H37ClN4O2. The number of halogens is 1.